The maximum atomic E-state index is 13.4. The van der Waals surface area contributed by atoms with Crippen molar-refractivity contribution in [2.24, 2.45) is 0 Å². The van der Waals surface area contributed by atoms with Gasteiger partial charge >= 0.3 is 12.4 Å². The third-order valence-corrected chi connectivity index (χ3v) is 3.95. The van der Waals surface area contributed by atoms with Gasteiger partial charge in [0.25, 0.3) is 0 Å². The van der Waals surface area contributed by atoms with Crippen molar-refractivity contribution in [3.05, 3.63) is 53.6 Å². The van der Waals surface area contributed by atoms with E-state index in [1.807, 2.05) is 0 Å². The first kappa shape index (κ1) is 23.9. The molecule has 0 spiro atoms. The number of alkyl halides is 6. The first-order chi connectivity index (χ1) is 14.4. The fraction of sp³-hybridized carbons (Fsp3) is 0.300. The van der Waals surface area contributed by atoms with Crippen molar-refractivity contribution in [3.8, 4) is 11.8 Å². The lowest BCUT2D eigenvalue weighted by atomic mass is 10.1. The van der Waals surface area contributed by atoms with Crippen molar-refractivity contribution >= 4 is 17.3 Å². The Hall–Kier alpha value is -3.42. The summed E-state index contributed by atoms with van der Waals surface area (Å²) in [5.41, 5.74) is -1.88. The van der Waals surface area contributed by atoms with Crippen LogP contribution in [0.25, 0.3) is 0 Å². The zero-order valence-corrected chi connectivity index (χ0v) is 16.1. The van der Waals surface area contributed by atoms with Crippen LogP contribution in [0.4, 0.5) is 37.7 Å². The number of nitriles is 1. The lowest BCUT2D eigenvalue weighted by Gasteiger charge is -2.28. The van der Waals surface area contributed by atoms with Gasteiger partial charge in [0.2, 0.25) is 5.91 Å². The van der Waals surface area contributed by atoms with E-state index in [2.05, 4.69) is 5.32 Å². The molecule has 0 fully saturated rings. The molecular formula is C20H17F6N3O2. The summed E-state index contributed by atoms with van der Waals surface area (Å²) in [5, 5.41) is 11.4. The molecule has 1 amide bonds. The van der Waals surface area contributed by atoms with Gasteiger partial charge in [-0.05, 0) is 42.5 Å². The maximum absolute atomic E-state index is 13.4. The number of carbonyl (C=O) groups is 1. The minimum atomic E-state index is -4.95. The fourth-order valence-corrected chi connectivity index (χ4v) is 2.72. The monoisotopic (exact) mass is 445 g/mol. The van der Waals surface area contributed by atoms with Gasteiger partial charge in [-0.25, -0.2) is 0 Å². The molecule has 0 unspecified atom stereocenters. The Morgan fingerprint density at radius 2 is 1.74 bits per heavy atom. The number of nitrogens with zero attached hydrogens (tertiary/aromatic N) is 2. The topological polar surface area (TPSA) is 65.4 Å². The molecule has 0 heterocycles. The van der Waals surface area contributed by atoms with Crippen molar-refractivity contribution in [2.45, 2.75) is 19.3 Å². The van der Waals surface area contributed by atoms with Crippen molar-refractivity contribution in [1.82, 2.24) is 0 Å². The molecule has 0 aromatic heterocycles. The molecule has 166 valence electrons. The number of anilines is 2. The Bertz CT molecular complexity index is 949. The molecule has 31 heavy (non-hydrogen) atoms. The summed E-state index contributed by atoms with van der Waals surface area (Å²) in [5.74, 6) is -0.0312. The van der Waals surface area contributed by atoms with Crippen molar-refractivity contribution in [3.63, 3.8) is 0 Å². The number of rotatable bonds is 7. The van der Waals surface area contributed by atoms with Crippen molar-refractivity contribution in [1.29, 1.82) is 5.26 Å². The Balaban J connectivity index is 2.20. The van der Waals surface area contributed by atoms with Gasteiger partial charge in [-0.2, -0.15) is 31.6 Å². The smallest absolute Gasteiger partial charge is 0.418 e. The molecule has 0 aliphatic carbocycles. The van der Waals surface area contributed by atoms with Crippen LogP contribution < -0.4 is 15.0 Å². The summed E-state index contributed by atoms with van der Waals surface area (Å²) in [4.78, 5) is 11.5. The van der Waals surface area contributed by atoms with E-state index < -0.39 is 36.7 Å². The summed E-state index contributed by atoms with van der Waals surface area (Å²) < 4.78 is 84.6. The summed E-state index contributed by atoms with van der Waals surface area (Å²) in [7, 11) is 0. The molecule has 2 rings (SSSR count). The van der Waals surface area contributed by atoms with Gasteiger partial charge in [0.15, 0.2) is 0 Å². The summed E-state index contributed by atoms with van der Waals surface area (Å²) in [6.07, 6.45) is -9.72. The van der Waals surface area contributed by atoms with E-state index in [-0.39, 0.29) is 23.8 Å². The second-order valence-corrected chi connectivity index (χ2v) is 6.43. The molecule has 0 aliphatic rings. The Morgan fingerprint density at radius 3 is 2.26 bits per heavy atom. The van der Waals surface area contributed by atoms with E-state index in [9.17, 15) is 31.1 Å². The van der Waals surface area contributed by atoms with Crippen LogP contribution in [-0.4, -0.2) is 31.8 Å². The molecule has 0 saturated carbocycles. The van der Waals surface area contributed by atoms with Gasteiger partial charge in [0, 0.05) is 18.3 Å². The number of carbonyl (C=O) groups excluding carboxylic acids is 1. The van der Waals surface area contributed by atoms with Gasteiger partial charge in [0.1, 0.15) is 18.9 Å². The van der Waals surface area contributed by atoms with Gasteiger partial charge in [-0.3, -0.25) is 4.79 Å². The highest BCUT2D eigenvalue weighted by Gasteiger charge is 2.38. The van der Waals surface area contributed by atoms with Gasteiger partial charge in [-0.1, -0.05) is 0 Å². The SMILES string of the molecule is CC(=O)Nc1ccc(OCCN(CC(F)(F)F)c2ccc(C#N)cc2C(F)(F)F)cc1. The van der Waals surface area contributed by atoms with E-state index >= 15 is 0 Å². The van der Waals surface area contributed by atoms with Gasteiger partial charge in [-0.15, -0.1) is 0 Å². The number of nitrogens with one attached hydrogen (secondary N) is 1. The third kappa shape index (κ3) is 7.40. The number of amides is 1. The number of halogens is 6. The molecule has 2 aromatic carbocycles. The highest BCUT2D eigenvalue weighted by molar-refractivity contribution is 5.88. The van der Waals surface area contributed by atoms with E-state index in [4.69, 9.17) is 10.00 Å². The van der Waals surface area contributed by atoms with Crippen molar-refractivity contribution in [2.75, 3.05) is 29.9 Å². The number of ether oxygens (including phenoxy) is 1. The average Bonchev–Trinajstić information content (AvgIpc) is 2.66. The highest BCUT2D eigenvalue weighted by atomic mass is 19.4. The number of hydrogen-bond donors (Lipinski definition) is 1. The van der Waals surface area contributed by atoms with E-state index in [0.717, 1.165) is 12.1 Å². The first-order valence-corrected chi connectivity index (χ1v) is 8.82. The van der Waals surface area contributed by atoms with E-state index in [1.165, 1.54) is 31.2 Å². The standard InChI is InChI=1S/C20H17F6N3O2/c1-13(30)28-15-3-5-16(6-4-15)31-9-8-29(12-19(21,22)23)18-7-2-14(11-27)10-17(18)20(24,25)26/h2-7,10H,8-9,12H2,1H3,(H,28,30). The van der Waals surface area contributed by atoms with Crippen LogP contribution >= 0.6 is 0 Å². The van der Waals surface area contributed by atoms with Gasteiger partial charge < -0.3 is 15.0 Å². The normalized spacial score (nSPS) is 11.5. The molecular weight excluding hydrogens is 428 g/mol. The van der Waals surface area contributed by atoms with Crippen LogP contribution in [0.2, 0.25) is 0 Å². The summed E-state index contributed by atoms with van der Waals surface area (Å²) in [6.45, 7) is -1.15. The highest BCUT2D eigenvalue weighted by Crippen LogP contribution is 2.38. The molecule has 0 aliphatic heterocycles. The summed E-state index contributed by atoms with van der Waals surface area (Å²) in [6, 6.07) is 9.86. The molecule has 0 bridgehead atoms. The maximum Gasteiger partial charge on any atom is 0.418 e. The lowest BCUT2D eigenvalue weighted by Crippen LogP contribution is -2.38. The number of benzene rings is 2. The average molecular weight is 445 g/mol. The van der Waals surface area contributed by atoms with Crippen LogP contribution in [0.15, 0.2) is 42.5 Å². The number of hydrogen-bond acceptors (Lipinski definition) is 4. The van der Waals surface area contributed by atoms with E-state index in [1.54, 1.807) is 6.07 Å². The molecule has 5 nitrogen and oxygen atoms in total. The predicted molar refractivity (Wildman–Crippen MR) is 101 cm³/mol. The molecule has 0 saturated heterocycles. The molecule has 1 N–H and O–H groups in total. The molecule has 2 aromatic rings. The second kappa shape index (κ2) is 9.59. The van der Waals surface area contributed by atoms with Crippen LogP contribution in [-0.2, 0) is 11.0 Å². The zero-order chi connectivity index (χ0) is 23.2. The molecule has 0 atom stereocenters. The minimum Gasteiger partial charge on any atom is -0.492 e. The third-order valence-electron chi connectivity index (χ3n) is 3.95. The second-order valence-electron chi connectivity index (χ2n) is 6.43. The largest absolute Gasteiger partial charge is 0.492 e. The molecule has 11 heteroatoms. The van der Waals surface area contributed by atoms with Crippen LogP contribution in [0.3, 0.4) is 0 Å². The quantitative estimate of drug-likeness (QED) is 0.611. The molecule has 0 radical (unpaired) electrons. The fourth-order valence-electron chi connectivity index (χ4n) is 2.72. The Kier molecular flexibility index (Phi) is 7.38. The van der Waals surface area contributed by atoms with E-state index in [0.29, 0.717) is 16.7 Å². The van der Waals surface area contributed by atoms with Crippen LogP contribution in [0, 0.1) is 11.3 Å². The van der Waals surface area contributed by atoms with Crippen molar-refractivity contribution < 1.29 is 35.9 Å². The predicted octanol–water partition coefficient (Wildman–Crippen LogP) is 4.98. The Morgan fingerprint density at radius 1 is 1.10 bits per heavy atom. The Labute approximate surface area is 173 Å². The minimum absolute atomic E-state index is 0.261. The van der Waals surface area contributed by atoms with Crippen LogP contribution in [0.5, 0.6) is 5.75 Å². The van der Waals surface area contributed by atoms with Gasteiger partial charge in [0.05, 0.1) is 23.7 Å². The lowest BCUT2D eigenvalue weighted by molar-refractivity contribution is -0.138. The summed E-state index contributed by atoms with van der Waals surface area (Å²) >= 11 is 0. The van der Waals surface area contributed by atoms with Crippen LogP contribution in [0.1, 0.15) is 18.1 Å². The first-order valence-electron chi connectivity index (χ1n) is 8.82. The zero-order valence-electron chi connectivity index (χ0n) is 16.1.